The molecule has 0 atom stereocenters. The van der Waals surface area contributed by atoms with E-state index in [0.29, 0.717) is 23.5 Å². The minimum Gasteiger partial charge on any atom is -0.493 e. The largest absolute Gasteiger partial charge is 0.493 e. The summed E-state index contributed by atoms with van der Waals surface area (Å²) in [5, 5.41) is 2.33. The predicted molar refractivity (Wildman–Crippen MR) is 119 cm³/mol. The van der Waals surface area contributed by atoms with Crippen LogP contribution in [0.1, 0.15) is 11.1 Å². The molecule has 3 rings (SSSR count). The van der Waals surface area contributed by atoms with Gasteiger partial charge in [0.2, 0.25) is 0 Å². The van der Waals surface area contributed by atoms with E-state index in [1.165, 1.54) is 32.4 Å². The van der Waals surface area contributed by atoms with E-state index in [-0.39, 0.29) is 21.3 Å². The SMILES string of the molecule is C=CCc1cc(/C=C2\C(=O)NC(=O)N(c3cccc(Cl)c3Cl)C2=O)cc(OC)c1OC. The van der Waals surface area contributed by atoms with Gasteiger partial charge in [-0.25, -0.2) is 9.69 Å². The van der Waals surface area contributed by atoms with Crippen molar-refractivity contribution in [2.24, 2.45) is 0 Å². The highest BCUT2D eigenvalue weighted by Gasteiger charge is 2.38. The molecule has 31 heavy (non-hydrogen) atoms. The van der Waals surface area contributed by atoms with E-state index in [0.717, 1.165) is 10.5 Å². The summed E-state index contributed by atoms with van der Waals surface area (Å²) in [5.74, 6) is -0.725. The van der Waals surface area contributed by atoms with Gasteiger partial charge in [0.1, 0.15) is 5.57 Å². The molecule has 1 aliphatic rings. The first-order chi connectivity index (χ1) is 14.8. The zero-order valence-electron chi connectivity index (χ0n) is 16.7. The first-order valence-electron chi connectivity index (χ1n) is 9.03. The fourth-order valence-electron chi connectivity index (χ4n) is 3.17. The number of rotatable bonds is 6. The fourth-order valence-corrected chi connectivity index (χ4v) is 3.55. The Morgan fingerprint density at radius 3 is 2.52 bits per heavy atom. The highest BCUT2D eigenvalue weighted by Crippen LogP contribution is 2.36. The molecule has 2 aromatic carbocycles. The fraction of sp³-hybridized carbons (Fsp3) is 0.136. The molecule has 4 amide bonds. The van der Waals surface area contributed by atoms with Crippen LogP contribution in [-0.2, 0) is 16.0 Å². The van der Waals surface area contributed by atoms with Crippen LogP contribution >= 0.6 is 23.2 Å². The molecule has 1 fully saturated rings. The number of hydrogen-bond donors (Lipinski definition) is 1. The molecule has 1 saturated heterocycles. The summed E-state index contributed by atoms with van der Waals surface area (Å²) in [7, 11) is 2.99. The minimum atomic E-state index is -0.920. The Morgan fingerprint density at radius 2 is 1.87 bits per heavy atom. The lowest BCUT2D eigenvalue weighted by molar-refractivity contribution is -0.122. The molecule has 0 bridgehead atoms. The van der Waals surface area contributed by atoms with Gasteiger partial charge < -0.3 is 9.47 Å². The summed E-state index contributed by atoms with van der Waals surface area (Å²) in [5.41, 5.74) is 1.06. The van der Waals surface area contributed by atoms with Gasteiger partial charge in [0.15, 0.2) is 11.5 Å². The summed E-state index contributed by atoms with van der Waals surface area (Å²) in [6, 6.07) is 6.95. The maximum Gasteiger partial charge on any atom is 0.336 e. The molecule has 0 spiro atoms. The van der Waals surface area contributed by atoms with Crippen LogP contribution < -0.4 is 19.7 Å². The molecule has 1 heterocycles. The molecular formula is C22H18Cl2N2O5. The number of ether oxygens (including phenoxy) is 2. The molecule has 0 radical (unpaired) electrons. The lowest BCUT2D eigenvalue weighted by Gasteiger charge is -2.27. The number of allylic oxidation sites excluding steroid dienone is 1. The van der Waals surface area contributed by atoms with Gasteiger partial charge in [-0.15, -0.1) is 6.58 Å². The molecule has 1 aliphatic heterocycles. The van der Waals surface area contributed by atoms with Crippen molar-refractivity contribution in [2.75, 3.05) is 19.1 Å². The maximum absolute atomic E-state index is 13.1. The monoisotopic (exact) mass is 460 g/mol. The average molecular weight is 461 g/mol. The van der Waals surface area contributed by atoms with E-state index >= 15 is 0 Å². The Hall–Kier alpha value is -3.29. The number of anilines is 1. The van der Waals surface area contributed by atoms with Gasteiger partial charge >= 0.3 is 6.03 Å². The van der Waals surface area contributed by atoms with Crippen LogP contribution in [0.2, 0.25) is 10.0 Å². The number of amides is 4. The van der Waals surface area contributed by atoms with Crippen molar-refractivity contribution in [1.29, 1.82) is 0 Å². The van der Waals surface area contributed by atoms with E-state index in [9.17, 15) is 14.4 Å². The van der Waals surface area contributed by atoms with Crippen LogP contribution in [-0.4, -0.2) is 32.1 Å². The first kappa shape index (κ1) is 22.4. The van der Waals surface area contributed by atoms with Crippen LogP contribution in [0, 0.1) is 0 Å². The number of nitrogens with one attached hydrogen (secondary N) is 1. The number of methoxy groups -OCH3 is 2. The van der Waals surface area contributed by atoms with Crippen molar-refractivity contribution < 1.29 is 23.9 Å². The van der Waals surface area contributed by atoms with E-state index < -0.39 is 17.8 Å². The van der Waals surface area contributed by atoms with Crippen LogP contribution in [0.15, 0.2) is 48.6 Å². The average Bonchev–Trinajstić information content (AvgIpc) is 2.73. The van der Waals surface area contributed by atoms with Crippen LogP contribution in [0.3, 0.4) is 0 Å². The van der Waals surface area contributed by atoms with Crippen LogP contribution in [0.5, 0.6) is 11.5 Å². The third-order valence-corrected chi connectivity index (χ3v) is 5.34. The lowest BCUT2D eigenvalue weighted by Crippen LogP contribution is -2.54. The Labute approximate surface area is 188 Å². The van der Waals surface area contributed by atoms with Gasteiger partial charge in [0.25, 0.3) is 11.8 Å². The second-order valence-electron chi connectivity index (χ2n) is 6.44. The summed E-state index contributed by atoms with van der Waals surface area (Å²) in [4.78, 5) is 38.7. The number of benzene rings is 2. The molecule has 0 aliphatic carbocycles. The Morgan fingerprint density at radius 1 is 1.13 bits per heavy atom. The van der Waals surface area contributed by atoms with Gasteiger partial charge in [-0.2, -0.15) is 0 Å². The Kier molecular flexibility index (Phi) is 6.68. The Bertz CT molecular complexity index is 1130. The van der Waals surface area contributed by atoms with Crippen molar-refractivity contribution in [1.82, 2.24) is 5.32 Å². The second kappa shape index (κ2) is 9.24. The van der Waals surface area contributed by atoms with Gasteiger partial charge in [-0.05, 0) is 42.3 Å². The number of nitrogens with zero attached hydrogens (tertiary/aromatic N) is 1. The van der Waals surface area contributed by atoms with Gasteiger partial charge in [0, 0.05) is 5.56 Å². The third-order valence-electron chi connectivity index (χ3n) is 4.53. The summed E-state index contributed by atoms with van der Waals surface area (Å²) in [6.45, 7) is 3.73. The van der Waals surface area contributed by atoms with Gasteiger partial charge in [-0.1, -0.05) is 35.3 Å². The molecular weight excluding hydrogens is 443 g/mol. The number of imide groups is 2. The number of barbiturate groups is 1. The van der Waals surface area contributed by atoms with Crippen molar-refractivity contribution in [3.63, 3.8) is 0 Å². The van der Waals surface area contributed by atoms with Crippen molar-refractivity contribution in [2.45, 2.75) is 6.42 Å². The molecule has 7 nitrogen and oxygen atoms in total. The molecule has 0 unspecified atom stereocenters. The highest BCUT2D eigenvalue weighted by atomic mass is 35.5. The summed E-state index contributed by atoms with van der Waals surface area (Å²) in [6.07, 6.45) is 3.53. The summed E-state index contributed by atoms with van der Waals surface area (Å²) < 4.78 is 10.8. The van der Waals surface area contributed by atoms with Crippen molar-refractivity contribution >= 4 is 52.8 Å². The van der Waals surface area contributed by atoms with E-state index in [4.69, 9.17) is 32.7 Å². The molecule has 0 aromatic heterocycles. The smallest absolute Gasteiger partial charge is 0.336 e. The van der Waals surface area contributed by atoms with E-state index in [1.54, 1.807) is 24.3 Å². The molecule has 160 valence electrons. The second-order valence-corrected chi connectivity index (χ2v) is 7.22. The topological polar surface area (TPSA) is 84.9 Å². The first-order valence-corrected chi connectivity index (χ1v) is 9.79. The zero-order chi connectivity index (χ0) is 22.7. The summed E-state index contributed by atoms with van der Waals surface area (Å²) >= 11 is 12.2. The third kappa shape index (κ3) is 4.28. The molecule has 1 N–H and O–H groups in total. The van der Waals surface area contributed by atoms with E-state index in [2.05, 4.69) is 11.9 Å². The molecule has 2 aromatic rings. The van der Waals surface area contributed by atoms with Crippen molar-refractivity contribution in [3.8, 4) is 11.5 Å². The highest BCUT2D eigenvalue weighted by molar-refractivity contribution is 6.46. The number of urea groups is 1. The Balaban J connectivity index is 2.11. The van der Waals surface area contributed by atoms with Gasteiger partial charge in [0.05, 0.1) is 30.0 Å². The minimum absolute atomic E-state index is 0.0146. The maximum atomic E-state index is 13.1. The molecule has 0 saturated carbocycles. The van der Waals surface area contributed by atoms with Gasteiger partial charge in [-0.3, -0.25) is 14.9 Å². The van der Waals surface area contributed by atoms with Crippen molar-refractivity contribution in [3.05, 3.63) is 69.7 Å². The number of halogens is 2. The normalized spacial score (nSPS) is 15.2. The lowest BCUT2D eigenvalue weighted by atomic mass is 10.0. The quantitative estimate of drug-likeness (QED) is 0.392. The van der Waals surface area contributed by atoms with E-state index in [1.807, 2.05) is 0 Å². The molecule has 9 heteroatoms. The predicted octanol–water partition coefficient (Wildman–Crippen LogP) is 4.41. The standard InChI is InChI=1S/C22H18Cl2N2O5/c1-4-6-13-9-12(11-17(30-2)19(13)31-3)10-14-20(27)25-22(29)26(21(14)28)16-8-5-7-15(23)18(16)24/h4-5,7-11H,1,6H2,2-3H3,(H,25,27,29)/b14-10+. The number of carbonyl (C=O) groups excluding carboxylic acids is 3. The number of hydrogen-bond acceptors (Lipinski definition) is 5. The number of carbonyl (C=O) groups is 3. The zero-order valence-corrected chi connectivity index (χ0v) is 18.2. The van der Waals surface area contributed by atoms with Crippen LogP contribution in [0.4, 0.5) is 10.5 Å². The van der Waals surface area contributed by atoms with Crippen LogP contribution in [0.25, 0.3) is 6.08 Å².